The Kier molecular flexibility index (Phi) is 9.28. The molecule has 11 nitrogen and oxygen atoms in total. The Bertz CT molecular complexity index is 1410. The number of hydrogen-bond acceptors (Lipinski definition) is 11. The van der Waals surface area contributed by atoms with Crippen LogP contribution in [0.5, 0.6) is 5.75 Å². The van der Waals surface area contributed by atoms with Gasteiger partial charge in [0.1, 0.15) is 29.8 Å². The molecule has 0 unspecified atom stereocenters. The number of rotatable bonds is 7. The van der Waals surface area contributed by atoms with Crippen molar-refractivity contribution < 1.29 is 27.2 Å². The van der Waals surface area contributed by atoms with Gasteiger partial charge < -0.3 is 32.9 Å². The number of anilines is 1. The molecule has 4 heterocycles. The van der Waals surface area contributed by atoms with Gasteiger partial charge >= 0.3 is 22.4 Å². The van der Waals surface area contributed by atoms with Crippen molar-refractivity contribution in [1.29, 1.82) is 0 Å². The van der Waals surface area contributed by atoms with Gasteiger partial charge in [0.25, 0.3) is 0 Å². The Morgan fingerprint density at radius 1 is 0.953 bits per heavy atom. The van der Waals surface area contributed by atoms with E-state index in [9.17, 15) is 0 Å². The first-order valence-corrected chi connectivity index (χ1v) is 19.3. The van der Waals surface area contributed by atoms with E-state index in [2.05, 4.69) is 70.3 Å². The summed E-state index contributed by atoms with van der Waals surface area (Å²) in [6.07, 6.45) is 0.504. The lowest BCUT2D eigenvalue weighted by Crippen LogP contribution is -2.66. The third-order valence-electron chi connectivity index (χ3n) is 8.45. The summed E-state index contributed by atoms with van der Waals surface area (Å²) >= 11 is 5.62. The molecule has 0 saturated carbocycles. The molecule has 2 saturated heterocycles. The average molecular weight is 646 g/mol. The van der Waals surface area contributed by atoms with Crippen LogP contribution in [0.4, 0.5) is 5.82 Å². The zero-order valence-electron chi connectivity index (χ0n) is 26.1. The van der Waals surface area contributed by atoms with Crippen LogP contribution in [0.15, 0.2) is 43.0 Å². The lowest BCUT2D eigenvalue weighted by Gasteiger charge is -2.51. The van der Waals surface area contributed by atoms with Crippen LogP contribution >= 0.6 is 12.2 Å². The maximum atomic E-state index is 7.38. The van der Waals surface area contributed by atoms with Gasteiger partial charge in [-0.3, -0.25) is 4.57 Å². The van der Waals surface area contributed by atoms with Crippen LogP contribution in [-0.2, 0) is 22.4 Å². The van der Waals surface area contributed by atoms with E-state index >= 15 is 0 Å². The first-order chi connectivity index (χ1) is 20.4. The molecule has 0 radical (unpaired) electrons. The zero-order chi connectivity index (χ0) is 31.1. The van der Waals surface area contributed by atoms with Crippen molar-refractivity contribution in [1.82, 2.24) is 19.5 Å². The molecule has 43 heavy (non-hydrogen) atoms. The predicted molar refractivity (Wildman–Crippen MR) is 172 cm³/mol. The molecule has 2 aliphatic heterocycles. The van der Waals surface area contributed by atoms with Crippen LogP contribution in [0.25, 0.3) is 11.2 Å². The molecule has 3 aromatic rings. The van der Waals surface area contributed by atoms with E-state index in [-0.39, 0.29) is 39.8 Å². The van der Waals surface area contributed by atoms with Crippen LogP contribution in [0.1, 0.15) is 61.6 Å². The third kappa shape index (κ3) is 5.85. The predicted octanol–water partition coefficient (Wildman–Crippen LogP) is 6.01. The van der Waals surface area contributed by atoms with E-state index in [1.54, 1.807) is 10.9 Å². The number of thiocarbonyl (C=S) groups is 1. The van der Waals surface area contributed by atoms with Gasteiger partial charge in [-0.2, -0.15) is 0 Å². The first kappa shape index (κ1) is 31.9. The molecule has 0 amide bonds. The number of nitrogens with zero attached hydrogens (tertiary/aromatic N) is 4. The van der Waals surface area contributed by atoms with Crippen molar-refractivity contribution in [3.8, 4) is 5.75 Å². The highest BCUT2D eigenvalue weighted by molar-refractivity contribution is 7.79. The minimum Gasteiger partial charge on any atom is -0.446 e. The lowest BCUT2D eigenvalue weighted by atomic mass is 10.1. The van der Waals surface area contributed by atoms with Crippen LogP contribution in [-0.4, -0.2) is 66.8 Å². The molecule has 1 aromatic carbocycles. The lowest BCUT2D eigenvalue weighted by molar-refractivity contribution is -0.0569. The second kappa shape index (κ2) is 12.5. The summed E-state index contributed by atoms with van der Waals surface area (Å²) in [6, 6.07) is 9.27. The molecule has 4 atom stereocenters. The third-order valence-corrected chi connectivity index (χ3v) is 18.9. The topological polar surface area (TPSA) is 125 Å². The molecular weight excluding hydrogens is 603 g/mol. The number of imidazole rings is 1. The van der Waals surface area contributed by atoms with Crippen LogP contribution in [0.2, 0.25) is 22.2 Å². The maximum absolute atomic E-state index is 7.38. The van der Waals surface area contributed by atoms with E-state index in [1.165, 1.54) is 6.33 Å². The van der Waals surface area contributed by atoms with E-state index in [4.69, 9.17) is 45.1 Å². The van der Waals surface area contributed by atoms with E-state index in [0.29, 0.717) is 16.9 Å². The molecule has 5 rings (SSSR count). The summed E-state index contributed by atoms with van der Waals surface area (Å²) in [4.78, 5) is 13.0. The van der Waals surface area contributed by atoms with Gasteiger partial charge in [0, 0.05) is 12.2 Å². The summed E-state index contributed by atoms with van der Waals surface area (Å²) in [5.74, 6) is 0.841. The summed E-state index contributed by atoms with van der Waals surface area (Å²) < 4.78 is 42.6. The summed E-state index contributed by atoms with van der Waals surface area (Å²) in [7, 11) is -5.76. The highest BCUT2D eigenvalue weighted by Crippen LogP contribution is 2.49. The average Bonchev–Trinajstić information content (AvgIpc) is 3.50. The monoisotopic (exact) mass is 645 g/mol. The zero-order valence-corrected chi connectivity index (χ0v) is 28.9. The molecule has 2 fully saturated rings. The molecule has 0 aliphatic carbocycles. The fraction of sp³-hybridized carbons (Fsp3) is 0.586. The molecule has 2 N–H and O–H groups in total. The van der Waals surface area contributed by atoms with Crippen molar-refractivity contribution in [2.75, 3.05) is 12.3 Å². The minimum atomic E-state index is -2.99. The van der Waals surface area contributed by atoms with Gasteiger partial charge in [0.2, 0.25) is 0 Å². The van der Waals surface area contributed by atoms with Gasteiger partial charge in [-0.25, -0.2) is 15.0 Å². The number of nitrogen functional groups attached to an aromatic ring is 1. The van der Waals surface area contributed by atoms with Crippen molar-refractivity contribution >= 4 is 51.6 Å². The summed E-state index contributed by atoms with van der Waals surface area (Å²) in [6.45, 7) is 17.8. The van der Waals surface area contributed by atoms with Gasteiger partial charge in [0.05, 0.1) is 12.9 Å². The molecule has 14 heteroatoms. The second-order valence-electron chi connectivity index (χ2n) is 12.5. The molecular formula is C29H43N5O6SSi2. The standard InChI is InChI=1S/C29H43N5O6SSi2/c1-17(2)42(18(3)4)35-14-22-24(39-43(40-42,19(5)6)20(7)8)25(38-29(41)36-21-12-10-9-11-13-21)28(37-22)34-16-33-23-26(30)31-15-32-27(23)34/h9-13,15-20,22,24-25,28H,14H2,1-8H3,(H2,30,31,32)/t22-,24-,25-,28-/m1/s1. The fourth-order valence-corrected chi connectivity index (χ4v) is 17.7. The molecule has 234 valence electrons. The number of fused-ring (bicyclic) bond motifs is 2. The number of ether oxygens (including phenoxy) is 3. The quantitative estimate of drug-likeness (QED) is 0.240. The summed E-state index contributed by atoms with van der Waals surface area (Å²) in [5, 5.41) is -0.0500. The van der Waals surface area contributed by atoms with Gasteiger partial charge in [-0.15, -0.1) is 0 Å². The SMILES string of the molecule is CC(C)[Si]1(C(C)C)OC[C@H]2O[C@@H](n3cnc4c(N)ncnc43)[C@H](OC(=S)Oc3ccccc3)[C@@H]2O[Si](C(C)C)(C(C)C)O1. The maximum Gasteiger partial charge on any atom is 0.358 e. The van der Waals surface area contributed by atoms with Crippen molar-refractivity contribution in [3.05, 3.63) is 43.0 Å². The van der Waals surface area contributed by atoms with Crippen molar-refractivity contribution in [3.63, 3.8) is 0 Å². The molecule has 2 aliphatic rings. The molecule has 2 aromatic heterocycles. The smallest absolute Gasteiger partial charge is 0.358 e. The van der Waals surface area contributed by atoms with Gasteiger partial charge in [-0.1, -0.05) is 73.6 Å². The Morgan fingerprint density at radius 3 is 2.23 bits per heavy atom. The fourth-order valence-electron chi connectivity index (χ4n) is 6.25. The van der Waals surface area contributed by atoms with Gasteiger partial charge in [0.15, 0.2) is 23.8 Å². The Labute approximate surface area is 260 Å². The van der Waals surface area contributed by atoms with Crippen LogP contribution in [0, 0.1) is 0 Å². The Hall–Kier alpha value is -2.47. The highest BCUT2D eigenvalue weighted by Gasteiger charge is 2.62. The number of benzene rings is 1. The van der Waals surface area contributed by atoms with Crippen molar-refractivity contribution in [2.45, 2.75) is 102 Å². The van der Waals surface area contributed by atoms with Crippen LogP contribution < -0.4 is 10.5 Å². The normalized spacial score (nSPS) is 25.2. The van der Waals surface area contributed by atoms with E-state index in [0.717, 1.165) is 0 Å². The number of hydrogen-bond donors (Lipinski definition) is 1. The number of aromatic nitrogens is 4. The Balaban J connectivity index is 1.60. The molecule has 0 bridgehead atoms. The second-order valence-corrected chi connectivity index (χ2v) is 21.6. The highest BCUT2D eigenvalue weighted by atomic mass is 32.1. The minimum absolute atomic E-state index is 0.0500. The van der Waals surface area contributed by atoms with Gasteiger partial charge in [-0.05, 0) is 34.3 Å². The Morgan fingerprint density at radius 2 is 1.60 bits per heavy atom. The van der Waals surface area contributed by atoms with Crippen LogP contribution in [0.3, 0.4) is 0 Å². The first-order valence-electron chi connectivity index (χ1n) is 14.9. The largest absolute Gasteiger partial charge is 0.446 e. The number of nitrogens with two attached hydrogens (primary N) is 1. The number of para-hydroxylation sites is 1. The summed E-state index contributed by atoms with van der Waals surface area (Å²) in [5.41, 5.74) is 7.74. The van der Waals surface area contributed by atoms with E-state index < -0.39 is 41.7 Å². The molecule has 0 spiro atoms. The van der Waals surface area contributed by atoms with E-state index in [1.807, 2.05) is 30.3 Å². The van der Waals surface area contributed by atoms with Crippen molar-refractivity contribution in [2.24, 2.45) is 0 Å².